The second-order valence-electron chi connectivity index (χ2n) is 4.00. The molecular weight excluding hydrogens is 156 g/mol. The van der Waals surface area contributed by atoms with Crippen LogP contribution in [0.2, 0.25) is 0 Å². The molecule has 0 aromatic rings. The number of aliphatic hydroxyl groups excluding tert-OH is 1. The summed E-state index contributed by atoms with van der Waals surface area (Å²) < 4.78 is 4.97. The molecule has 12 heavy (non-hydrogen) atoms. The van der Waals surface area contributed by atoms with E-state index in [0.29, 0.717) is 24.9 Å². The summed E-state index contributed by atoms with van der Waals surface area (Å²) in [4.78, 5) is 11.2. The monoisotopic (exact) mass is 170 g/mol. The van der Waals surface area contributed by atoms with E-state index in [0.717, 1.165) is 6.42 Å². The van der Waals surface area contributed by atoms with Crippen LogP contribution >= 0.6 is 0 Å². The van der Waals surface area contributed by atoms with Crippen LogP contribution in [0.1, 0.15) is 19.8 Å². The first-order valence-electron chi connectivity index (χ1n) is 4.53. The number of hydrogen-bond acceptors (Lipinski definition) is 3. The zero-order chi connectivity index (χ0) is 8.72. The summed E-state index contributed by atoms with van der Waals surface area (Å²) in [6.07, 6.45) is 1.12. The Labute approximate surface area is 71.7 Å². The molecule has 1 saturated heterocycles. The minimum Gasteiger partial charge on any atom is -0.465 e. The molecule has 2 rings (SSSR count). The SMILES string of the molecule is CC1CC(O)CC2C(=O)OCC12. The second-order valence-corrected chi connectivity index (χ2v) is 4.00. The van der Waals surface area contributed by atoms with Crippen molar-refractivity contribution in [2.75, 3.05) is 6.61 Å². The molecule has 0 radical (unpaired) electrons. The van der Waals surface area contributed by atoms with Gasteiger partial charge in [-0.3, -0.25) is 4.79 Å². The molecule has 1 heterocycles. The van der Waals surface area contributed by atoms with Gasteiger partial charge in [-0.15, -0.1) is 0 Å². The molecular formula is C9H14O3. The van der Waals surface area contributed by atoms with Crippen molar-refractivity contribution in [1.29, 1.82) is 0 Å². The molecule has 1 aliphatic heterocycles. The first-order valence-corrected chi connectivity index (χ1v) is 4.53. The lowest BCUT2D eigenvalue weighted by molar-refractivity contribution is -0.142. The summed E-state index contributed by atoms with van der Waals surface area (Å²) in [6.45, 7) is 2.65. The summed E-state index contributed by atoms with van der Waals surface area (Å²) >= 11 is 0. The predicted molar refractivity (Wildman–Crippen MR) is 42.3 cm³/mol. The Balaban J connectivity index is 2.14. The molecule has 2 aliphatic rings. The molecule has 0 spiro atoms. The maximum absolute atomic E-state index is 11.2. The van der Waals surface area contributed by atoms with Gasteiger partial charge >= 0.3 is 5.97 Å². The van der Waals surface area contributed by atoms with Crippen LogP contribution in [-0.4, -0.2) is 23.8 Å². The minimum atomic E-state index is -0.299. The number of hydrogen-bond donors (Lipinski definition) is 1. The third kappa shape index (κ3) is 1.12. The molecule has 2 fully saturated rings. The summed E-state index contributed by atoms with van der Waals surface area (Å²) in [5.41, 5.74) is 0. The maximum Gasteiger partial charge on any atom is 0.309 e. The number of carbonyl (C=O) groups excluding carboxylic acids is 1. The van der Waals surface area contributed by atoms with Crippen LogP contribution in [0.3, 0.4) is 0 Å². The lowest BCUT2D eigenvalue weighted by atomic mass is 9.73. The molecule has 4 atom stereocenters. The van der Waals surface area contributed by atoms with Crippen molar-refractivity contribution >= 4 is 5.97 Å². The fourth-order valence-corrected chi connectivity index (χ4v) is 2.40. The van der Waals surface area contributed by atoms with Gasteiger partial charge in [0, 0.05) is 5.92 Å². The molecule has 0 amide bonds. The summed E-state index contributed by atoms with van der Waals surface area (Å²) in [5, 5.41) is 9.44. The number of rotatable bonds is 0. The Bertz CT molecular complexity index is 202. The van der Waals surface area contributed by atoms with Crippen molar-refractivity contribution in [3.8, 4) is 0 Å². The highest BCUT2D eigenvalue weighted by molar-refractivity contribution is 5.75. The molecule has 68 valence electrons. The van der Waals surface area contributed by atoms with Crippen molar-refractivity contribution in [3.05, 3.63) is 0 Å². The van der Waals surface area contributed by atoms with Gasteiger partial charge in [-0.25, -0.2) is 0 Å². The highest BCUT2D eigenvalue weighted by atomic mass is 16.5. The zero-order valence-electron chi connectivity index (χ0n) is 7.19. The Kier molecular flexibility index (Phi) is 1.83. The zero-order valence-corrected chi connectivity index (χ0v) is 7.19. The lowest BCUT2D eigenvalue weighted by Crippen LogP contribution is -2.34. The van der Waals surface area contributed by atoms with Gasteiger partial charge in [0.15, 0.2) is 0 Å². The van der Waals surface area contributed by atoms with Gasteiger partial charge in [-0.1, -0.05) is 6.92 Å². The van der Waals surface area contributed by atoms with E-state index in [1.54, 1.807) is 0 Å². The van der Waals surface area contributed by atoms with Gasteiger partial charge in [0.05, 0.1) is 18.6 Å². The highest BCUT2D eigenvalue weighted by Gasteiger charge is 2.44. The molecule has 3 nitrogen and oxygen atoms in total. The minimum absolute atomic E-state index is 0.0243. The summed E-state index contributed by atoms with van der Waals surface area (Å²) in [7, 11) is 0. The van der Waals surface area contributed by atoms with Crippen LogP contribution in [0, 0.1) is 17.8 Å². The number of aliphatic hydroxyl groups is 1. The van der Waals surface area contributed by atoms with Crippen molar-refractivity contribution in [1.82, 2.24) is 0 Å². The third-order valence-electron chi connectivity index (χ3n) is 3.14. The van der Waals surface area contributed by atoms with E-state index >= 15 is 0 Å². The Hall–Kier alpha value is -0.570. The fourth-order valence-electron chi connectivity index (χ4n) is 2.40. The lowest BCUT2D eigenvalue weighted by Gasteiger charge is -2.31. The van der Waals surface area contributed by atoms with Crippen LogP contribution < -0.4 is 0 Å². The number of carbonyl (C=O) groups is 1. The van der Waals surface area contributed by atoms with E-state index in [4.69, 9.17) is 4.74 Å². The third-order valence-corrected chi connectivity index (χ3v) is 3.14. The van der Waals surface area contributed by atoms with E-state index in [2.05, 4.69) is 6.92 Å². The molecule has 1 aliphatic carbocycles. The van der Waals surface area contributed by atoms with Crippen LogP contribution in [0.15, 0.2) is 0 Å². The van der Waals surface area contributed by atoms with Gasteiger partial charge in [-0.05, 0) is 18.8 Å². The van der Waals surface area contributed by atoms with Gasteiger partial charge in [0.25, 0.3) is 0 Å². The van der Waals surface area contributed by atoms with Crippen LogP contribution in [0.5, 0.6) is 0 Å². The average Bonchev–Trinajstić information content (AvgIpc) is 2.33. The number of cyclic esters (lactones) is 1. The molecule has 1 saturated carbocycles. The Morgan fingerprint density at radius 1 is 1.50 bits per heavy atom. The number of ether oxygens (including phenoxy) is 1. The molecule has 0 aromatic carbocycles. The average molecular weight is 170 g/mol. The normalized spacial score (nSPS) is 47.0. The fraction of sp³-hybridized carbons (Fsp3) is 0.889. The molecule has 3 heteroatoms. The standard InChI is InChI=1S/C9H14O3/c1-5-2-6(10)3-7-8(5)4-12-9(7)11/h5-8,10H,2-4H2,1H3. The summed E-state index contributed by atoms with van der Waals surface area (Å²) in [6, 6.07) is 0. The van der Waals surface area contributed by atoms with Gasteiger partial charge in [0.1, 0.15) is 0 Å². The van der Waals surface area contributed by atoms with Gasteiger partial charge in [0.2, 0.25) is 0 Å². The summed E-state index contributed by atoms with van der Waals surface area (Å²) in [5.74, 6) is 0.653. The Morgan fingerprint density at radius 3 is 3.00 bits per heavy atom. The molecule has 0 aromatic heterocycles. The van der Waals surface area contributed by atoms with Crippen molar-refractivity contribution in [2.24, 2.45) is 17.8 Å². The predicted octanol–water partition coefficient (Wildman–Crippen LogP) is 0.566. The largest absolute Gasteiger partial charge is 0.465 e. The number of fused-ring (bicyclic) bond motifs is 1. The second kappa shape index (κ2) is 2.73. The quantitative estimate of drug-likeness (QED) is 0.540. The first-order chi connectivity index (χ1) is 5.68. The topological polar surface area (TPSA) is 46.5 Å². The maximum atomic E-state index is 11.2. The van der Waals surface area contributed by atoms with E-state index < -0.39 is 0 Å². The van der Waals surface area contributed by atoms with E-state index in [9.17, 15) is 9.90 Å². The van der Waals surface area contributed by atoms with Crippen LogP contribution in [-0.2, 0) is 9.53 Å². The molecule has 4 unspecified atom stereocenters. The van der Waals surface area contributed by atoms with Crippen LogP contribution in [0.4, 0.5) is 0 Å². The highest BCUT2D eigenvalue weighted by Crippen LogP contribution is 2.39. The molecule has 0 bridgehead atoms. The Morgan fingerprint density at radius 2 is 2.25 bits per heavy atom. The van der Waals surface area contributed by atoms with Crippen LogP contribution in [0.25, 0.3) is 0 Å². The number of esters is 1. The van der Waals surface area contributed by atoms with E-state index in [1.165, 1.54) is 0 Å². The smallest absolute Gasteiger partial charge is 0.309 e. The van der Waals surface area contributed by atoms with Crippen molar-refractivity contribution < 1.29 is 14.6 Å². The van der Waals surface area contributed by atoms with E-state index in [1.807, 2.05) is 0 Å². The first kappa shape index (κ1) is 8.05. The van der Waals surface area contributed by atoms with Crippen molar-refractivity contribution in [3.63, 3.8) is 0 Å². The van der Waals surface area contributed by atoms with Gasteiger partial charge in [-0.2, -0.15) is 0 Å². The van der Waals surface area contributed by atoms with Crippen molar-refractivity contribution in [2.45, 2.75) is 25.9 Å². The van der Waals surface area contributed by atoms with E-state index in [-0.39, 0.29) is 18.0 Å². The molecule has 1 N–H and O–H groups in total. The van der Waals surface area contributed by atoms with Gasteiger partial charge < -0.3 is 9.84 Å².